The molecule has 1 saturated heterocycles. The molecule has 1 fully saturated rings. The van der Waals surface area contributed by atoms with E-state index in [1.54, 1.807) is 7.11 Å². The lowest BCUT2D eigenvalue weighted by molar-refractivity contribution is -0.122. The summed E-state index contributed by atoms with van der Waals surface area (Å²) in [7, 11) is 1.65. The van der Waals surface area contributed by atoms with Gasteiger partial charge in [-0.3, -0.25) is 14.6 Å². The van der Waals surface area contributed by atoms with Gasteiger partial charge in [0.1, 0.15) is 5.75 Å². The van der Waals surface area contributed by atoms with Gasteiger partial charge < -0.3 is 15.2 Å². The highest BCUT2D eigenvalue weighted by Crippen LogP contribution is 2.11. The third kappa shape index (κ3) is 6.17. The third-order valence-electron chi connectivity index (χ3n) is 4.14. The van der Waals surface area contributed by atoms with E-state index >= 15 is 0 Å². The maximum atomic E-state index is 12.0. The molecular formula is C17H27N3O3. The Morgan fingerprint density at radius 2 is 1.83 bits per heavy atom. The van der Waals surface area contributed by atoms with Crippen molar-refractivity contribution in [2.24, 2.45) is 0 Å². The summed E-state index contributed by atoms with van der Waals surface area (Å²) in [5.74, 6) is 0.923. The molecular weight excluding hydrogens is 294 g/mol. The monoisotopic (exact) mass is 321 g/mol. The lowest BCUT2D eigenvalue weighted by Gasteiger charge is -2.33. The first kappa shape index (κ1) is 17.7. The van der Waals surface area contributed by atoms with Gasteiger partial charge in [0, 0.05) is 39.3 Å². The van der Waals surface area contributed by atoms with Crippen molar-refractivity contribution in [3.63, 3.8) is 0 Å². The van der Waals surface area contributed by atoms with E-state index in [0.29, 0.717) is 13.1 Å². The van der Waals surface area contributed by atoms with Crippen LogP contribution in [0.1, 0.15) is 5.56 Å². The average Bonchev–Trinajstić information content (AvgIpc) is 2.57. The Hall–Kier alpha value is -1.63. The van der Waals surface area contributed by atoms with Crippen LogP contribution in [0.5, 0.6) is 5.75 Å². The summed E-state index contributed by atoms with van der Waals surface area (Å²) in [6, 6.07) is 7.91. The first-order chi connectivity index (χ1) is 11.2. The van der Waals surface area contributed by atoms with E-state index in [2.05, 4.69) is 15.1 Å². The van der Waals surface area contributed by atoms with E-state index in [9.17, 15) is 4.79 Å². The number of β-amino-alcohol motifs (C(OH)–C–C–N with tert-alkyl or cyclic N) is 1. The van der Waals surface area contributed by atoms with Gasteiger partial charge >= 0.3 is 0 Å². The minimum Gasteiger partial charge on any atom is -0.497 e. The minimum atomic E-state index is 0.0779. The first-order valence-corrected chi connectivity index (χ1v) is 8.16. The lowest BCUT2D eigenvalue weighted by atomic mass is 10.1. The quantitative estimate of drug-likeness (QED) is 0.704. The molecule has 1 aliphatic rings. The number of hydrogen-bond acceptors (Lipinski definition) is 5. The van der Waals surface area contributed by atoms with Crippen molar-refractivity contribution in [2.75, 3.05) is 59.5 Å². The Labute approximate surface area is 138 Å². The molecule has 0 saturated carbocycles. The summed E-state index contributed by atoms with van der Waals surface area (Å²) in [4.78, 5) is 16.4. The smallest absolute Gasteiger partial charge is 0.234 e. The van der Waals surface area contributed by atoms with E-state index in [1.165, 1.54) is 5.56 Å². The van der Waals surface area contributed by atoms with Crippen molar-refractivity contribution in [3.05, 3.63) is 29.8 Å². The zero-order chi connectivity index (χ0) is 16.5. The normalized spacial score (nSPS) is 16.3. The zero-order valence-corrected chi connectivity index (χ0v) is 13.8. The number of rotatable bonds is 8. The van der Waals surface area contributed by atoms with Crippen molar-refractivity contribution in [2.45, 2.75) is 6.42 Å². The lowest BCUT2D eigenvalue weighted by Crippen LogP contribution is -2.50. The number of benzene rings is 1. The maximum Gasteiger partial charge on any atom is 0.234 e. The van der Waals surface area contributed by atoms with Crippen LogP contribution in [0.25, 0.3) is 0 Å². The summed E-state index contributed by atoms with van der Waals surface area (Å²) < 4.78 is 5.13. The highest BCUT2D eigenvalue weighted by atomic mass is 16.5. The molecule has 2 N–H and O–H groups in total. The number of nitrogens with one attached hydrogen (secondary N) is 1. The molecule has 23 heavy (non-hydrogen) atoms. The molecule has 1 amide bonds. The molecule has 0 spiro atoms. The Bertz CT molecular complexity index is 470. The van der Waals surface area contributed by atoms with Crippen molar-refractivity contribution < 1.29 is 14.6 Å². The molecule has 1 aliphatic heterocycles. The van der Waals surface area contributed by atoms with Crippen molar-refractivity contribution in [1.82, 2.24) is 15.1 Å². The summed E-state index contributed by atoms with van der Waals surface area (Å²) in [5.41, 5.74) is 1.18. The van der Waals surface area contributed by atoms with Gasteiger partial charge in [0.15, 0.2) is 0 Å². The van der Waals surface area contributed by atoms with Gasteiger partial charge in [-0.05, 0) is 24.1 Å². The van der Waals surface area contributed by atoms with E-state index in [-0.39, 0.29) is 12.5 Å². The van der Waals surface area contributed by atoms with E-state index < -0.39 is 0 Å². The summed E-state index contributed by atoms with van der Waals surface area (Å²) >= 11 is 0. The molecule has 2 rings (SSSR count). The van der Waals surface area contributed by atoms with Gasteiger partial charge in [-0.25, -0.2) is 0 Å². The highest BCUT2D eigenvalue weighted by Gasteiger charge is 2.18. The molecule has 0 bridgehead atoms. The average molecular weight is 321 g/mol. The standard InChI is InChI=1S/C17H27N3O3/c1-23-16-4-2-15(3-5-16)6-7-18-17(22)14-20-10-8-19(9-11-20)12-13-21/h2-5,21H,6-14H2,1H3,(H,18,22). The molecule has 0 radical (unpaired) electrons. The molecule has 0 unspecified atom stereocenters. The van der Waals surface area contributed by atoms with Gasteiger partial charge in [0.05, 0.1) is 20.3 Å². The second-order valence-corrected chi connectivity index (χ2v) is 5.79. The number of aliphatic hydroxyl groups excluding tert-OH is 1. The molecule has 1 heterocycles. The first-order valence-electron chi connectivity index (χ1n) is 8.16. The highest BCUT2D eigenvalue weighted by molar-refractivity contribution is 5.78. The molecule has 0 aliphatic carbocycles. The van der Waals surface area contributed by atoms with Crippen LogP contribution in [0.3, 0.4) is 0 Å². The summed E-state index contributed by atoms with van der Waals surface area (Å²) in [5, 5.41) is 11.9. The fourth-order valence-corrected chi connectivity index (χ4v) is 2.71. The van der Waals surface area contributed by atoms with E-state index in [4.69, 9.17) is 9.84 Å². The fraction of sp³-hybridized carbons (Fsp3) is 0.588. The van der Waals surface area contributed by atoms with Crippen LogP contribution in [0.2, 0.25) is 0 Å². The van der Waals surface area contributed by atoms with Crippen LogP contribution >= 0.6 is 0 Å². The Morgan fingerprint density at radius 1 is 1.17 bits per heavy atom. The predicted molar refractivity (Wildman–Crippen MR) is 89.7 cm³/mol. The van der Waals surface area contributed by atoms with E-state index in [0.717, 1.165) is 44.9 Å². The van der Waals surface area contributed by atoms with Gasteiger partial charge in [-0.2, -0.15) is 0 Å². The number of nitrogens with zero attached hydrogens (tertiary/aromatic N) is 2. The van der Waals surface area contributed by atoms with E-state index in [1.807, 2.05) is 24.3 Å². The SMILES string of the molecule is COc1ccc(CCNC(=O)CN2CCN(CCO)CC2)cc1. The fourth-order valence-electron chi connectivity index (χ4n) is 2.71. The van der Waals surface area contributed by atoms with Gasteiger partial charge in [0.25, 0.3) is 0 Å². The summed E-state index contributed by atoms with van der Waals surface area (Å²) in [6.45, 7) is 5.62. The Kier molecular flexibility index (Phi) is 7.32. The van der Waals surface area contributed by atoms with Gasteiger partial charge in [-0.1, -0.05) is 12.1 Å². The second kappa shape index (κ2) is 9.50. The number of aliphatic hydroxyl groups is 1. The number of carbonyl (C=O) groups excluding carboxylic acids is 1. The number of hydrogen-bond donors (Lipinski definition) is 2. The topological polar surface area (TPSA) is 65.0 Å². The second-order valence-electron chi connectivity index (χ2n) is 5.79. The third-order valence-corrected chi connectivity index (χ3v) is 4.14. The zero-order valence-electron chi connectivity index (χ0n) is 13.8. The maximum absolute atomic E-state index is 12.0. The number of piperazine rings is 1. The van der Waals surface area contributed by atoms with Crippen LogP contribution in [0, 0.1) is 0 Å². The minimum absolute atomic E-state index is 0.0779. The van der Waals surface area contributed by atoms with Crippen LogP contribution in [0.15, 0.2) is 24.3 Å². The summed E-state index contributed by atoms with van der Waals surface area (Å²) in [6.07, 6.45) is 0.819. The molecule has 6 nitrogen and oxygen atoms in total. The Morgan fingerprint density at radius 3 is 2.43 bits per heavy atom. The van der Waals surface area contributed by atoms with Crippen LogP contribution in [-0.4, -0.2) is 80.3 Å². The molecule has 0 aromatic heterocycles. The predicted octanol–water partition coefficient (Wildman–Crippen LogP) is -0.0362. The largest absolute Gasteiger partial charge is 0.497 e. The number of ether oxygens (including phenoxy) is 1. The van der Waals surface area contributed by atoms with Crippen LogP contribution < -0.4 is 10.1 Å². The molecule has 1 aromatic carbocycles. The number of methoxy groups -OCH3 is 1. The number of carbonyl (C=O) groups is 1. The molecule has 6 heteroatoms. The van der Waals surface area contributed by atoms with Crippen LogP contribution in [-0.2, 0) is 11.2 Å². The molecule has 0 atom stereocenters. The van der Waals surface area contributed by atoms with Gasteiger partial charge in [-0.15, -0.1) is 0 Å². The van der Waals surface area contributed by atoms with Crippen molar-refractivity contribution in [1.29, 1.82) is 0 Å². The van der Waals surface area contributed by atoms with Crippen LogP contribution in [0.4, 0.5) is 0 Å². The van der Waals surface area contributed by atoms with Crippen molar-refractivity contribution >= 4 is 5.91 Å². The molecule has 1 aromatic rings. The Balaban J connectivity index is 1.61. The van der Waals surface area contributed by atoms with Crippen molar-refractivity contribution in [3.8, 4) is 5.75 Å². The van der Waals surface area contributed by atoms with Gasteiger partial charge in [0.2, 0.25) is 5.91 Å². The number of amides is 1. The molecule has 128 valence electrons.